The van der Waals surface area contributed by atoms with E-state index in [9.17, 15) is 9.59 Å². The molecule has 0 radical (unpaired) electrons. The van der Waals surface area contributed by atoms with E-state index < -0.39 is 5.97 Å². The summed E-state index contributed by atoms with van der Waals surface area (Å²) in [6.45, 7) is 1.35. The Kier molecular flexibility index (Phi) is 2.32. The molecule has 1 fully saturated rings. The Morgan fingerprint density at radius 2 is 2.47 bits per heavy atom. The number of hydrogen-bond acceptors (Lipinski definition) is 3. The molecule has 0 aliphatic carbocycles. The zero-order chi connectivity index (χ0) is 10.8. The fourth-order valence-electron chi connectivity index (χ4n) is 1.49. The minimum Gasteiger partial charge on any atom is -0.478 e. The molecular formula is C9H10N2O4. The Bertz CT molecular complexity index is 399. The van der Waals surface area contributed by atoms with Gasteiger partial charge in [0.05, 0.1) is 12.8 Å². The normalized spacial score (nSPS) is 15.5. The van der Waals surface area contributed by atoms with Crippen LogP contribution in [0, 0.1) is 0 Å². The molecule has 0 spiro atoms. The van der Waals surface area contributed by atoms with Crippen molar-refractivity contribution in [3.63, 3.8) is 0 Å². The third kappa shape index (κ3) is 1.78. The monoisotopic (exact) mass is 210 g/mol. The van der Waals surface area contributed by atoms with E-state index >= 15 is 0 Å². The number of furan rings is 1. The molecular weight excluding hydrogens is 200 g/mol. The maximum absolute atomic E-state index is 11.2. The molecule has 0 bridgehead atoms. The molecule has 2 heterocycles. The molecule has 2 N–H and O–H groups in total. The average molecular weight is 210 g/mol. The summed E-state index contributed by atoms with van der Waals surface area (Å²) >= 11 is 0. The van der Waals surface area contributed by atoms with Crippen LogP contribution in [0.1, 0.15) is 16.1 Å². The van der Waals surface area contributed by atoms with Gasteiger partial charge >= 0.3 is 12.0 Å². The molecule has 2 amide bonds. The molecule has 6 heteroatoms. The summed E-state index contributed by atoms with van der Waals surface area (Å²) in [7, 11) is 0. The zero-order valence-corrected chi connectivity index (χ0v) is 7.90. The van der Waals surface area contributed by atoms with Gasteiger partial charge in [0.25, 0.3) is 0 Å². The van der Waals surface area contributed by atoms with Crippen molar-refractivity contribution < 1.29 is 19.1 Å². The summed E-state index contributed by atoms with van der Waals surface area (Å²) in [5.74, 6) is -0.738. The number of urea groups is 1. The van der Waals surface area contributed by atoms with Crippen LogP contribution in [0.4, 0.5) is 4.79 Å². The molecule has 1 aromatic rings. The van der Waals surface area contributed by atoms with Crippen molar-refractivity contribution in [1.29, 1.82) is 0 Å². The first kappa shape index (κ1) is 9.57. The van der Waals surface area contributed by atoms with Crippen LogP contribution in [0.25, 0.3) is 0 Å². The third-order valence-electron chi connectivity index (χ3n) is 2.26. The fourth-order valence-corrected chi connectivity index (χ4v) is 1.49. The average Bonchev–Trinajstić information content (AvgIpc) is 2.77. The number of nitrogens with zero attached hydrogens (tertiary/aromatic N) is 1. The molecule has 0 atom stereocenters. The van der Waals surface area contributed by atoms with Gasteiger partial charge in [-0.25, -0.2) is 9.59 Å². The summed E-state index contributed by atoms with van der Waals surface area (Å²) < 4.78 is 5.03. The lowest BCUT2D eigenvalue weighted by atomic mass is 10.2. The predicted octanol–water partition coefficient (Wildman–Crippen LogP) is 0.503. The van der Waals surface area contributed by atoms with Crippen molar-refractivity contribution in [2.75, 3.05) is 13.1 Å². The maximum atomic E-state index is 11.2. The first-order chi connectivity index (χ1) is 7.18. The number of carboxylic acid groups (broad SMARTS) is 1. The van der Waals surface area contributed by atoms with Crippen LogP contribution in [0.15, 0.2) is 16.7 Å². The molecule has 0 unspecified atom stereocenters. The third-order valence-corrected chi connectivity index (χ3v) is 2.26. The van der Waals surface area contributed by atoms with Crippen molar-refractivity contribution in [3.05, 3.63) is 23.7 Å². The number of rotatable bonds is 3. The molecule has 1 aliphatic rings. The van der Waals surface area contributed by atoms with Crippen LogP contribution in [0.3, 0.4) is 0 Å². The lowest BCUT2D eigenvalue weighted by Crippen LogP contribution is -2.27. The van der Waals surface area contributed by atoms with Crippen molar-refractivity contribution in [3.8, 4) is 0 Å². The van der Waals surface area contributed by atoms with E-state index in [0.717, 1.165) is 0 Å². The van der Waals surface area contributed by atoms with Crippen molar-refractivity contribution in [2.45, 2.75) is 6.54 Å². The van der Waals surface area contributed by atoms with E-state index in [4.69, 9.17) is 9.52 Å². The molecule has 15 heavy (non-hydrogen) atoms. The highest BCUT2D eigenvalue weighted by molar-refractivity contribution is 5.88. The first-order valence-corrected chi connectivity index (χ1v) is 4.51. The molecule has 0 saturated carbocycles. The van der Waals surface area contributed by atoms with Gasteiger partial charge in [0.15, 0.2) is 0 Å². The van der Waals surface area contributed by atoms with E-state index in [1.165, 1.54) is 17.2 Å². The summed E-state index contributed by atoms with van der Waals surface area (Å²) in [5, 5.41) is 11.4. The van der Waals surface area contributed by atoms with Crippen LogP contribution < -0.4 is 5.32 Å². The van der Waals surface area contributed by atoms with E-state index in [-0.39, 0.29) is 18.1 Å². The van der Waals surface area contributed by atoms with Crippen LogP contribution in [-0.4, -0.2) is 35.1 Å². The maximum Gasteiger partial charge on any atom is 0.339 e. The van der Waals surface area contributed by atoms with Crippen LogP contribution >= 0.6 is 0 Å². The molecule has 6 nitrogen and oxygen atoms in total. The van der Waals surface area contributed by atoms with Crippen molar-refractivity contribution >= 4 is 12.0 Å². The predicted molar refractivity (Wildman–Crippen MR) is 49.5 cm³/mol. The highest BCUT2D eigenvalue weighted by Gasteiger charge is 2.23. The highest BCUT2D eigenvalue weighted by atomic mass is 16.4. The number of hydrogen-bond donors (Lipinski definition) is 2. The van der Waals surface area contributed by atoms with E-state index in [2.05, 4.69) is 5.32 Å². The van der Waals surface area contributed by atoms with E-state index in [1.54, 1.807) is 0 Å². The summed E-state index contributed by atoms with van der Waals surface area (Å²) in [5.41, 5.74) is 0.106. The van der Waals surface area contributed by atoms with Gasteiger partial charge in [-0.15, -0.1) is 0 Å². The summed E-state index contributed by atoms with van der Waals surface area (Å²) in [6, 6.07) is 1.19. The number of aromatic carboxylic acids is 1. The number of carbonyl (C=O) groups excluding carboxylic acids is 1. The summed E-state index contributed by atoms with van der Waals surface area (Å²) in [4.78, 5) is 23.5. The van der Waals surface area contributed by atoms with Crippen LogP contribution in [0.2, 0.25) is 0 Å². The second-order valence-corrected chi connectivity index (χ2v) is 3.22. The second kappa shape index (κ2) is 3.64. The number of nitrogens with one attached hydrogen (secondary N) is 1. The zero-order valence-electron chi connectivity index (χ0n) is 7.90. The molecule has 1 saturated heterocycles. The SMILES string of the molecule is O=C(O)c1ccoc1CN1CCNC1=O. The van der Waals surface area contributed by atoms with Gasteiger partial charge in [0, 0.05) is 13.1 Å². The number of carbonyl (C=O) groups is 2. The Balaban J connectivity index is 2.13. The smallest absolute Gasteiger partial charge is 0.339 e. The Morgan fingerprint density at radius 1 is 1.67 bits per heavy atom. The first-order valence-electron chi connectivity index (χ1n) is 4.51. The minimum atomic E-state index is -1.04. The number of carboxylic acids is 1. The lowest BCUT2D eigenvalue weighted by Gasteiger charge is -2.12. The van der Waals surface area contributed by atoms with Crippen molar-refractivity contribution in [1.82, 2.24) is 10.2 Å². The quantitative estimate of drug-likeness (QED) is 0.761. The second-order valence-electron chi connectivity index (χ2n) is 3.22. The Hall–Kier alpha value is -1.98. The van der Waals surface area contributed by atoms with E-state index in [0.29, 0.717) is 18.8 Å². The minimum absolute atomic E-state index is 0.106. The molecule has 2 rings (SSSR count). The molecule has 0 aromatic carbocycles. The van der Waals surface area contributed by atoms with Gasteiger partial charge < -0.3 is 19.7 Å². The Morgan fingerprint density at radius 3 is 3.07 bits per heavy atom. The van der Waals surface area contributed by atoms with Gasteiger partial charge in [0.1, 0.15) is 11.3 Å². The van der Waals surface area contributed by atoms with Crippen molar-refractivity contribution in [2.24, 2.45) is 0 Å². The van der Waals surface area contributed by atoms with Gasteiger partial charge in [0.2, 0.25) is 0 Å². The number of amides is 2. The molecule has 1 aliphatic heterocycles. The van der Waals surface area contributed by atoms with Gasteiger partial charge in [-0.2, -0.15) is 0 Å². The van der Waals surface area contributed by atoms with Gasteiger partial charge in [-0.05, 0) is 6.07 Å². The van der Waals surface area contributed by atoms with Crippen LogP contribution in [-0.2, 0) is 6.54 Å². The topological polar surface area (TPSA) is 82.8 Å². The standard InChI is InChI=1S/C9H10N2O4/c12-8(13)6-1-4-15-7(6)5-11-3-2-10-9(11)14/h1,4H,2-3,5H2,(H,10,14)(H,12,13). The Labute approximate surface area is 85.5 Å². The molecule has 1 aromatic heterocycles. The van der Waals surface area contributed by atoms with Crippen LogP contribution in [0.5, 0.6) is 0 Å². The summed E-state index contributed by atoms with van der Waals surface area (Å²) in [6.07, 6.45) is 1.31. The van der Waals surface area contributed by atoms with Gasteiger partial charge in [-0.3, -0.25) is 0 Å². The fraction of sp³-hybridized carbons (Fsp3) is 0.333. The molecule has 80 valence electrons. The van der Waals surface area contributed by atoms with E-state index in [1.807, 2.05) is 0 Å². The highest BCUT2D eigenvalue weighted by Crippen LogP contribution is 2.14. The lowest BCUT2D eigenvalue weighted by molar-refractivity contribution is 0.0693. The largest absolute Gasteiger partial charge is 0.478 e. The van der Waals surface area contributed by atoms with Gasteiger partial charge in [-0.1, -0.05) is 0 Å².